The number of phenols is 1. The van der Waals surface area contributed by atoms with Crippen molar-refractivity contribution < 1.29 is 5.11 Å². The van der Waals surface area contributed by atoms with Crippen molar-refractivity contribution >= 4 is 32.9 Å². The van der Waals surface area contributed by atoms with Crippen LogP contribution in [0.15, 0.2) is 12.1 Å². The van der Waals surface area contributed by atoms with Gasteiger partial charge in [0.15, 0.2) is 0 Å². The van der Waals surface area contributed by atoms with Crippen LogP contribution in [0.4, 0.5) is 0 Å². The molecule has 16 heavy (non-hydrogen) atoms. The molecule has 0 amide bonds. The molecule has 0 bridgehead atoms. The second-order valence-electron chi connectivity index (χ2n) is 3.87. The predicted molar refractivity (Wildman–Crippen MR) is 74.3 cm³/mol. The molecular weight excluding hydrogens is 256 g/mol. The smallest absolute Gasteiger partial charge is 0.121 e. The number of phenolic OH excluding ortho intramolecular Hbond substituents is 1. The first-order chi connectivity index (χ1) is 7.50. The molecule has 0 spiro atoms. The summed E-state index contributed by atoms with van der Waals surface area (Å²) in [5.74, 6) is 0.389. The fourth-order valence-corrected chi connectivity index (χ4v) is 4.53. The van der Waals surface area contributed by atoms with E-state index in [1.54, 1.807) is 20.7 Å². The molecule has 1 N–H and O–H groups in total. The molecule has 4 heteroatoms. The lowest BCUT2D eigenvalue weighted by Gasteiger charge is -2.06. The molecule has 0 unspecified atom stereocenters. The van der Waals surface area contributed by atoms with Gasteiger partial charge < -0.3 is 5.11 Å². The molecule has 2 rings (SSSR count). The number of hydrogen-bond donors (Lipinski definition) is 1. The highest BCUT2D eigenvalue weighted by Crippen LogP contribution is 2.36. The van der Waals surface area contributed by atoms with Crippen LogP contribution in [-0.4, -0.2) is 5.11 Å². The van der Waals surface area contributed by atoms with E-state index < -0.39 is 0 Å². The number of hydrogen-bond acceptors (Lipinski definition) is 4. The third-order valence-electron chi connectivity index (χ3n) is 2.60. The summed E-state index contributed by atoms with van der Waals surface area (Å²) in [6.45, 7) is 5.90. The topological polar surface area (TPSA) is 20.2 Å². The van der Waals surface area contributed by atoms with Crippen molar-refractivity contribution in [1.82, 2.24) is 0 Å². The van der Waals surface area contributed by atoms with Crippen LogP contribution in [-0.2, 0) is 0 Å². The van der Waals surface area contributed by atoms with E-state index in [0.29, 0.717) is 5.75 Å². The van der Waals surface area contributed by atoms with Crippen molar-refractivity contribution in [2.75, 3.05) is 0 Å². The Labute approximate surface area is 107 Å². The standard InChI is InChI=1S/C12H12OS3/c1-6-4-9(5-7(2)10(6)13)11-8(3)12(14)16-15-11/h4-5,13H,1-3H3. The Morgan fingerprint density at radius 2 is 1.62 bits per heavy atom. The molecule has 1 heterocycles. The fraction of sp³-hybridized carbons (Fsp3) is 0.250. The summed E-state index contributed by atoms with van der Waals surface area (Å²) in [6, 6.07) is 4.03. The Kier molecular flexibility index (Phi) is 3.15. The van der Waals surface area contributed by atoms with Gasteiger partial charge in [-0.25, -0.2) is 0 Å². The van der Waals surface area contributed by atoms with Crippen LogP contribution in [0.3, 0.4) is 0 Å². The Hall–Kier alpha value is -0.710. The molecule has 0 aliphatic heterocycles. The van der Waals surface area contributed by atoms with Crippen molar-refractivity contribution in [2.24, 2.45) is 0 Å². The molecular formula is C12H12OS3. The van der Waals surface area contributed by atoms with Crippen LogP contribution in [0.2, 0.25) is 0 Å². The molecule has 0 saturated carbocycles. The van der Waals surface area contributed by atoms with E-state index in [1.165, 1.54) is 10.4 Å². The van der Waals surface area contributed by atoms with Gasteiger partial charge in [0, 0.05) is 0 Å². The molecule has 0 saturated heterocycles. The Morgan fingerprint density at radius 3 is 2.06 bits per heavy atom. The van der Waals surface area contributed by atoms with E-state index >= 15 is 0 Å². The van der Waals surface area contributed by atoms with Crippen LogP contribution in [0.1, 0.15) is 16.7 Å². The van der Waals surface area contributed by atoms with Crippen LogP contribution in [0, 0.1) is 24.6 Å². The quantitative estimate of drug-likeness (QED) is 0.590. The van der Waals surface area contributed by atoms with Crippen molar-refractivity contribution in [1.29, 1.82) is 0 Å². The summed E-state index contributed by atoms with van der Waals surface area (Å²) in [6.07, 6.45) is 0. The first-order valence-electron chi connectivity index (χ1n) is 4.91. The first kappa shape index (κ1) is 11.8. The molecule has 1 aromatic carbocycles. The SMILES string of the molecule is Cc1cc(-c2ssc(=S)c2C)cc(C)c1O. The summed E-state index contributed by atoms with van der Waals surface area (Å²) in [4.78, 5) is 1.22. The minimum Gasteiger partial charge on any atom is -0.507 e. The predicted octanol–water partition coefficient (Wildman–Crippen LogP) is 4.84. The Bertz CT molecular complexity index is 570. The molecule has 0 fully saturated rings. The third-order valence-corrected chi connectivity index (χ3v) is 5.97. The van der Waals surface area contributed by atoms with Crippen molar-refractivity contribution in [3.63, 3.8) is 0 Å². The molecule has 84 valence electrons. The third kappa shape index (κ3) is 1.93. The lowest BCUT2D eigenvalue weighted by molar-refractivity contribution is 0.467. The zero-order chi connectivity index (χ0) is 11.9. The number of aromatic hydroxyl groups is 1. The van der Waals surface area contributed by atoms with Crippen LogP contribution < -0.4 is 0 Å². The van der Waals surface area contributed by atoms with Gasteiger partial charge in [-0.05, 0) is 55.2 Å². The fourth-order valence-electron chi connectivity index (χ4n) is 1.65. The van der Waals surface area contributed by atoms with Gasteiger partial charge in [0.05, 0.1) is 4.88 Å². The maximum Gasteiger partial charge on any atom is 0.121 e. The van der Waals surface area contributed by atoms with Crippen molar-refractivity contribution in [2.45, 2.75) is 20.8 Å². The van der Waals surface area contributed by atoms with Gasteiger partial charge in [-0.15, -0.1) is 0 Å². The summed E-state index contributed by atoms with van der Waals surface area (Å²) in [5.41, 5.74) is 4.16. The highest BCUT2D eigenvalue weighted by molar-refractivity contribution is 7.80. The molecule has 0 radical (unpaired) electrons. The number of benzene rings is 1. The second-order valence-corrected chi connectivity index (χ2v) is 6.68. The van der Waals surface area contributed by atoms with Crippen LogP contribution >= 0.6 is 32.9 Å². The minimum absolute atomic E-state index is 0.389. The van der Waals surface area contributed by atoms with Crippen LogP contribution in [0.25, 0.3) is 10.4 Å². The minimum atomic E-state index is 0.389. The molecule has 0 atom stereocenters. The van der Waals surface area contributed by atoms with E-state index in [1.807, 2.05) is 26.0 Å². The zero-order valence-electron chi connectivity index (χ0n) is 9.33. The van der Waals surface area contributed by atoms with E-state index in [9.17, 15) is 5.11 Å². The molecule has 1 nitrogen and oxygen atoms in total. The van der Waals surface area contributed by atoms with E-state index in [0.717, 1.165) is 20.5 Å². The first-order valence-corrected chi connectivity index (χ1v) is 7.47. The molecule has 0 aliphatic carbocycles. The lowest BCUT2D eigenvalue weighted by Crippen LogP contribution is -1.84. The Balaban J connectivity index is 2.66. The van der Waals surface area contributed by atoms with E-state index in [2.05, 4.69) is 6.92 Å². The van der Waals surface area contributed by atoms with E-state index in [-0.39, 0.29) is 0 Å². The van der Waals surface area contributed by atoms with Crippen molar-refractivity contribution in [3.8, 4) is 16.2 Å². The van der Waals surface area contributed by atoms with Gasteiger partial charge in [0.1, 0.15) is 9.57 Å². The monoisotopic (exact) mass is 268 g/mol. The number of aryl methyl sites for hydroxylation is 2. The molecule has 2 aromatic rings. The van der Waals surface area contributed by atoms with Gasteiger partial charge >= 0.3 is 0 Å². The van der Waals surface area contributed by atoms with Gasteiger partial charge in [-0.2, -0.15) is 0 Å². The zero-order valence-corrected chi connectivity index (χ0v) is 11.8. The molecule has 0 aliphatic rings. The maximum atomic E-state index is 9.74. The van der Waals surface area contributed by atoms with Crippen LogP contribution in [0.5, 0.6) is 5.75 Å². The largest absolute Gasteiger partial charge is 0.507 e. The summed E-state index contributed by atoms with van der Waals surface area (Å²) in [7, 11) is 3.34. The second kappa shape index (κ2) is 4.28. The van der Waals surface area contributed by atoms with Gasteiger partial charge in [0.2, 0.25) is 0 Å². The maximum absolute atomic E-state index is 9.74. The van der Waals surface area contributed by atoms with E-state index in [4.69, 9.17) is 12.2 Å². The lowest BCUT2D eigenvalue weighted by atomic mass is 10.0. The average molecular weight is 268 g/mol. The normalized spacial score (nSPS) is 10.7. The summed E-state index contributed by atoms with van der Waals surface area (Å²) >= 11 is 5.25. The molecule has 1 aromatic heterocycles. The van der Waals surface area contributed by atoms with Gasteiger partial charge in [-0.3, -0.25) is 0 Å². The average Bonchev–Trinajstić information content (AvgIpc) is 2.56. The van der Waals surface area contributed by atoms with Crippen molar-refractivity contribution in [3.05, 3.63) is 32.6 Å². The van der Waals surface area contributed by atoms with Gasteiger partial charge in [0.25, 0.3) is 0 Å². The number of rotatable bonds is 1. The Morgan fingerprint density at radius 1 is 1.06 bits per heavy atom. The highest BCUT2D eigenvalue weighted by atomic mass is 32.9. The summed E-state index contributed by atoms with van der Waals surface area (Å²) < 4.78 is 0.961. The van der Waals surface area contributed by atoms with Gasteiger partial charge in [-0.1, -0.05) is 32.9 Å². The highest BCUT2D eigenvalue weighted by Gasteiger charge is 2.10. The summed E-state index contributed by atoms with van der Waals surface area (Å²) in [5, 5.41) is 9.74.